The number of benzene rings is 3. The predicted molar refractivity (Wildman–Crippen MR) is 114 cm³/mol. The highest BCUT2D eigenvalue weighted by molar-refractivity contribution is 7.89. The molecule has 0 saturated carbocycles. The van der Waals surface area contributed by atoms with Crippen LogP contribution in [0.1, 0.15) is 23.2 Å². The lowest BCUT2D eigenvalue weighted by atomic mass is 10.0. The Balaban J connectivity index is 1.54. The number of para-hydroxylation sites is 1. The quantitative estimate of drug-likeness (QED) is 0.683. The van der Waals surface area contributed by atoms with Gasteiger partial charge in [0.15, 0.2) is 0 Å². The normalized spacial score (nSPS) is 14.6. The molecular formula is C23H22N2O3S. The van der Waals surface area contributed by atoms with Crippen LogP contribution in [-0.2, 0) is 10.0 Å². The topological polar surface area (TPSA) is 66.5 Å². The number of hydrogen-bond acceptors (Lipinski definition) is 3. The third-order valence-electron chi connectivity index (χ3n) is 5.05. The molecule has 1 fully saturated rings. The first-order valence-electron chi connectivity index (χ1n) is 9.61. The molecule has 1 aliphatic rings. The summed E-state index contributed by atoms with van der Waals surface area (Å²) in [6.07, 6.45) is 1.82. The Labute approximate surface area is 171 Å². The molecule has 0 aromatic heterocycles. The lowest BCUT2D eigenvalue weighted by Gasteiger charge is -2.15. The first kappa shape index (κ1) is 19.4. The van der Waals surface area contributed by atoms with Crippen molar-refractivity contribution in [3.05, 3.63) is 84.4 Å². The highest BCUT2D eigenvalue weighted by atomic mass is 32.2. The van der Waals surface area contributed by atoms with Crippen molar-refractivity contribution in [2.24, 2.45) is 0 Å². The highest BCUT2D eigenvalue weighted by Gasteiger charge is 2.26. The van der Waals surface area contributed by atoms with Crippen LogP contribution in [0, 0.1) is 0 Å². The van der Waals surface area contributed by atoms with Gasteiger partial charge in [-0.2, -0.15) is 4.31 Å². The summed E-state index contributed by atoms with van der Waals surface area (Å²) in [5.41, 5.74) is 3.00. The van der Waals surface area contributed by atoms with Crippen LogP contribution in [0.5, 0.6) is 0 Å². The Hall–Kier alpha value is -2.96. The summed E-state index contributed by atoms with van der Waals surface area (Å²) >= 11 is 0. The third kappa shape index (κ3) is 4.23. The minimum Gasteiger partial charge on any atom is -0.322 e. The highest BCUT2D eigenvalue weighted by Crippen LogP contribution is 2.25. The van der Waals surface area contributed by atoms with E-state index in [9.17, 15) is 13.2 Å². The van der Waals surface area contributed by atoms with Gasteiger partial charge in [-0.3, -0.25) is 4.79 Å². The van der Waals surface area contributed by atoms with Gasteiger partial charge in [-0.25, -0.2) is 8.42 Å². The molecular weight excluding hydrogens is 384 g/mol. The summed E-state index contributed by atoms with van der Waals surface area (Å²) in [6.45, 7) is 1.17. The summed E-state index contributed by atoms with van der Waals surface area (Å²) in [5.74, 6) is -0.189. The van der Waals surface area contributed by atoms with E-state index in [0.29, 0.717) is 23.5 Å². The molecule has 1 N–H and O–H groups in total. The SMILES string of the molecule is O=C(Nc1ccccc1)c1cccc(-c2ccc(S(=O)(=O)N3CCCC3)cc2)c1. The van der Waals surface area contributed by atoms with Crippen LogP contribution < -0.4 is 5.32 Å². The zero-order valence-corrected chi connectivity index (χ0v) is 16.7. The van der Waals surface area contributed by atoms with Gasteiger partial charge in [-0.05, 0) is 60.4 Å². The molecule has 5 nitrogen and oxygen atoms in total. The molecule has 0 aliphatic carbocycles. The van der Waals surface area contributed by atoms with Crippen molar-refractivity contribution in [3.8, 4) is 11.1 Å². The Bertz CT molecular complexity index is 1100. The number of carbonyl (C=O) groups excluding carboxylic acids is 1. The van der Waals surface area contributed by atoms with Gasteiger partial charge in [0, 0.05) is 24.3 Å². The van der Waals surface area contributed by atoms with Gasteiger partial charge >= 0.3 is 0 Å². The summed E-state index contributed by atoms with van der Waals surface area (Å²) in [5, 5.41) is 2.87. The van der Waals surface area contributed by atoms with Crippen LogP contribution in [-0.4, -0.2) is 31.7 Å². The molecule has 4 rings (SSSR count). The van der Waals surface area contributed by atoms with E-state index in [4.69, 9.17) is 0 Å². The molecule has 3 aromatic carbocycles. The Morgan fingerprint density at radius 3 is 2.17 bits per heavy atom. The van der Waals surface area contributed by atoms with E-state index in [1.165, 1.54) is 4.31 Å². The molecule has 148 valence electrons. The van der Waals surface area contributed by atoms with Crippen molar-refractivity contribution in [1.29, 1.82) is 0 Å². The third-order valence-corrected chi connectivity index (χ3v) is 6.96. The Kier molecular flexibility index (Phi) is 5.47. The van der Waals surface area contributed by atoms with Crippen LogP contribution in [0.25, 0.3) is 11.1 Å². The zero-order valence-electron chi connectivity index (χ0n) is 15.9. The second kappa shape index (κ2) is 8.19. The molecule has 6 heteroatoms. The monoisotopic (exact) mass is 406 g/mol. The fourth-order valence-electron chi connectivity index (χ4n) is 3.46. The number of sulfonamides is 1. The number of nitrogens with zero attached hydrogens (tertiary/aromatic N) is 1. The standard InChI is InChI=1S/C23H22N2O3S/c26-23(24-21-9-2-1-3-10-21)20-8-6-7-19(17-20)18-11-13-22(14-12-18)29(27,28)25-15-4-5-16-25/h1-3,6-14,17H,4-5,15-16H2,(H,24,26). The van der Waals surface area contributed by atoms with Gasteiger partial charge in [0.2, 0.25) is 10.0 Å². The van der Waals surface area contributed by atoms with Gasteiger partial charge in [0.1, 0.15) is 0 Å². The fourth-order valence-corrected chi connectivity index (χ4v) is 4.98. The minimum atomic E-state index is -3.42. The molecule has 1 heterocycles. The maximum Gasteiger partial charge on any atom is 0.255 e. The number of carbonyl (C=O) groups is 1. The largest absolute Gasteiger partial charge is 0.322 e. The smallest absolute Gasteiger partial charge is 0.255 e. The van der Waals surface area contributed by atoms with E-state index in [0.717, 1.165) is 29.7 Å². The van der Waals surface area contributed by atoms with Gasteiger partial charge in [0.05, 0.1) is 4.90 Å². The molecule has 1 amide bonds. The van der Waals surface area contributed by atoms with Crippen LogP contribution >= 0.6 is 0 Å². The maximum atomic E-state index is 12.7. The van der Waals surface area contributed by atoms with Crippen LogP contribution in [0.2, 0.25) is 0 Å². The van der Waals surface area contributed by atoms with Gasteiger partial charge < -0.3 is 5.32 Å². The van der Waals surface area contributed by atoms with E-state index < -0.39 is 10.0 Å². The number of anilines is 1. The number of amides is 1. The lowest BCUT2D eigenvalue weighted by molar-refractivity contribution is 0.102. The molecule has 1 saturated heterocycles. The molecule has 1 aliphatic heterocycles. The number of hydrogen-bond donors (Lipinski definition) is 1. The molecule has 0 spiro atoms. The van der Waals surface area contributed by atoms with Crippen molar-refractivity contribution in [2.45, 2.75) is 17.7 Å². The first-order chi connectivity index (χ1) is 14.0. The van der Waals surface area contributed by atoms with E-state index in [-0.39, 0.29) is 5.91 Å². The molecule has 29 heavy (non-hydrogen) atoms. The number of nitrogens with one attached hydrogen (secondary N) is 1. The van der Waals surface area contributed by atoms with Crippen molar-refractivity contribution < 1.29 is 13.2 Å². The van der Waals surface area contributed by atoms with E-state index in [1.807, 2.05) is 48.5 Å². The minimum absolute atomic E-state index is 0.189. The summed E-state index contributed by atoms with van der Waals surface area (Å²) in [4.78, 5) is 12.8. The second-order valence-electron chi connectivity index (χ2n) is 7.04. The zero-order chi connectivity index (χ0) is 20.3. The maximum absolute atomic E-state index is 12.7. The Morgan fingerprint density at radius 1 is 0.793 bits per heavy atom. The average Bonchev–Trinajstić information content (AvgIpc) is 3.31. The first-order valence-corrected chi connectivity index (χ1v) is 11.1. The van der Waals surface area contributed by atoms with Crippen LogP contribution in [0.15, 0.2) is 83.8 Å². The van der Waals surface area contributed by atoms with Crippen LogP contribution in [0.3, 0.4) is 0 Å². The van der Waals surface area contributed by atoms with Gasteiger partial charge in [-0.15, -0.1) is 0 Å². The Morgan fingerprint density at radius 2 is 1.48 bits per heavy atom. The molecule has 0 atom stereocenters. The lowest BCUT2D eigenvalue weighted by Crippen LogP contribution is -2.27. The van der Waals surface area contributed by atoms with E-state index in [2.05, 4.69) is 5.32 Å². The fraction of sp³-hybridized carbons (Fsp3) is 0.174. The summed E-state index contributed by atoms with van der Waals surface area (Å²) in [6, 6.07) is 23.4. The predicted octanol–water partition coefficient (Wildman–Crippen LogP) is 4.39. The van der Waals surface area contributed by atoms with Crippen molar-refractivity contribution in [1.82, 2.24) is 4.31 Å². The van der Waals surface area contributed by atoms with E-state index in [1.54, 1.807) is 30.3 Å². The second-order valence-corrected chi connectivity index (χ2v) is 8.97. The van der Waals surface area contributed by atoms with Crippen molar-refractivity contribution >= 4 is 21.6 Å². The van der Waals surface area contributed by atoms with Crippen molar-refractivity contribution in [2.75, 3.05) is 18.4 Å². The molecule has 0 radical (unpaired) electrons. The van der Waals surface area contributed by atoms with E-state index >= 15 is 0 Å². The molecule has 0 bridgehead atoms. The van der Waals surface area contributed by atoms with Crippen molar-refractivity contribution in [3.63, 3.8) is 0 Å². The van der Waals surface area contributed by atoms with Gasteiger partial charge in [-0.1, -0.05) is 42.5 Å². The molecule has 0 unspecified atom stereocenters. The number of rotatable bonds is 5. The summed E-state index contributed by atoms with van der Waals surface area (Å²) < 4.78 is 26.9. The average molecular weight is 407 g/mol. The van der Waals surface area contributed by atoms with Crippen LogP contribution in [0.4, 0.5) is 5.69 Å². The van der Waals surface area contributed by atoms with Gasteiger partial charge in [0.25, 0.3) is 5.91 Å². The summed E-state index contributed by atoms with van der Waals surface area (Å²) in [7, 11) is -3.42. The molecule has 3 aromatic rings.